The zero-order valence-corrected chi connectivity index (χ0v) is 11.3. The minimum Gasteiger partial charge on any atom is -0.340 e. The zero-order valence-electron chi connectivity index (χ0n) is 10.6. The molecule has 0 fully saturated rings. The average Bonchev–Trinajstić information content (AvgIpc) is 2.94. The van der Waals surface area contributed by atoms with E-state index in [-0.39, 0.29) is 17.7 Å². The number of rotatable bonds is 3. The number of benzene rings is 1. The Morgan fingerprint density at radius 3 is 3.00 bits per heavy atom. The Hall–Kier alpha value is -2.74. The van der Waals surface area contributed by atoms with Gasteiger partial charge in [0.15, 0.2) is 11.1 Å². The molecule has 3 rings (SSSR count). The smallest absolute Gasteiger partial charge is 0.275 e. The Kier molecular flexibility index (Phi) is 3.15. The molecule has 8 nitrogen and oxygen atoms in total. The number of aromatic amines is 1. The molecule has 0 saturated carbocycles. The quantitative estimate of drug-likeness (QED) is 0.567. The van der Waals surface area contributed by atoms with Crippen molar-refractivity contribution < 1.29 is 4.92 Å². The Morgan fingerprint density at radius 1 is 1.43 bits per heavy atom. The molecule has 2 aromatic heterocycles. The first-order valence-electron chi connectivity index (χ1n) is 5.93. The largest absolute Gasteiger partial charge is 0.340 e. The number of H-pyrrole nitrogens is 1. The summed E-state index contributed by atoms with van der Waals surface area (Å²) in [6.45, 7) is 0.143. The number of hydrogen-bond donors (Lipinski definition) is 2. The maximum atomic E-state index is 11.1. The first-order chi connectivity index (χ1) is 10.1. The molecule has 0 atom stereocenters. The summed E-state index contributed by atoms with van der Waals surface area (Å²) in [5.41, 5.74) is 1.33. The number of hydrogen-bond acceptors (Lipinski definition) is 5. The van der Waals surface area contributed by atoms with Crippen molar-refractivity contribution >= 4 is 28.5 Å². The summed E-state index contributed by atoms with van der Waals surface area (Å²) in [4.78, 5) is 21.5. The van der Waals surface area contributed by atoms with Crippen molar-refractivity contribution in [2.24, 2.45) is 0 Å². The van der Waals surface area contributed by atoms with E-state index in [1.807, 2.05) is 0 Å². The molecule has 0 bridgehead atoms. The molecule has 0 amide bonds. The number of nitro benzene ring substituents is 1. The highest BCUT2D eigenvalue weighted by molar-refractivity contribution is 6.31. The fourth-order valence-electron chi connectivity index (χ4n) is 2.09. The van der Waals surface area contributed by atoms with Crippen LogP contribution in [0, 0.1) is 15.5 Å². The van der Waals surface area contributed by atoms with Gasteiger partial charge in [-0.25, -0.2) is 9.97 Å². The molecule has 1 aromatic carbocycles. The van der Waals surface area contributed by atoms with Gasteiger partial charge in [0.25, 0.3) is 5.69 Å². The molecular formula is C12H9ClN6O2. The van der Waals surface area contributed by atoms with Gasteiger partial charge in [0.05, 0.1) is 34.7 Å². The van der Waals surface area contributed by atoms with Gasteiger partial charge in [-0.15, -0.1) is 0 Å². The van der Waals surface area contributed by atoms with E-state index in [0.29, 0.717) is 21.7 Å². The highest BCUT2D eigenvalue weighted by Gasteiger charge is 2.18. The summed E-state index contributed by atoms with van der Waals surface area (Å²) in [6.07, 6.45) is 2.86. The number of nitrogens with zero attached hydrogens (tertiary/aromatic N) is 4. The lowest BCUT2D eigenvalue weighted by Gasteiger charge is -2.09. The number of nitrogens with one attached hydrogen (secondary N) is 2. The van der Waals surface area contributed by atoms with Gasteiger partial charge in [0, 0.05) is 6.07 Å². The molecule has 0 aliphatic carbocycles. The molecule has 0 aliphatic rings. The Bertz CT molecular complexity index is 900. The molecule has 0 spiro atoms. The maximum absolute atomic E-state index is 11.1. The Balaban J connectivity index is 2.16. The van der Waals surface area contributed by atoms with Gasteiger partial charge in [-0.2, -0.15) is 0 Å². The van der Waals surface area contributed by atoms with Gasteiger partial charge < -0.3 is 9.55 Å². The second kappa shape index (κ2) is 4.98. The number of aromatic nitrogens is 4. The van der Waals surface area contributed by atoms with E-state index >= 15 is 0 Å². The molecule has 2 heterocycles. The zero-order chi connectivity index (χ0) is 15.0. The van der Waals surface area contributed by atoms with Crippen molar-refractivity contribution in [1.29, 1.82) is 5.41 Å². The third-order valence-corrected chi connectivity index (χ3v) is 3.43. The Labute approximate surface area is 122 Å². The number of nitro groups is 1. The summed E-state index contributed by atoms with van der Waals surface area (Å²) in [5.74, 6) is 0. The van der Waals surface area contributed by atoms with E-state index in [1.165, 1.54) is 24.8 Å². The van der Waals surface area contributed by atoms with Crippen LogP contribution in [0.2, 0.25) is 5.02 Å². The van der Waals surface area contributed by atoms with Gasteiger partial charge in [-0.3, -0.25) is 15.5 Å². The maximum Gasteiger partial charge on any atom is 0.275 e. The average molecular weight is 305 g/mol. The van der Waals surface area contributed by atoms with Gasteiger partial charge >= 0.3 is 0 Å². The summed E-state index contributed by atoms with van der Waals surface area (Å²) in [6, 6.07) is 4.53. The van der Waals surface area contributed by atoms with Gasteiger partial charge in [0.2, 0.25) is 0 Å². The molecule has 2 N–H and O–H groups in total. The first kappa shape index (κ1) is 13.3. The van der Waals surface area contributed by atoms with Gasteiger partial charge in [0.1, 0.15) is 5.52 Å². The summed E-state index contributed by atoms with van der Waals surface area (Å²) >= 11 is 6.08. The summed E-state index contributed by atoms with van der Waals surface area (Å²) in [7, 11) is 0. The number of imidazole rings is 1. The lowest BCUT2D eigenvalue weighted by molar-refractivity contribution is -0.385. The van der Waals surface area contributed by atoms with Crippen LogP contribution in [0.15, 0.2) is 30.9 Å². The normalized spacial score (nSPS) is 10.9. The fourth-order valence-corrected chi connectivity index (χ4v) is 2.32. The molecule has 9 heteroatoms. The van der Waals surface area contributed by atoms with Crippen molar-refractivity contribution in [2.45, 2.75) is 6.54 Å². The van der Waals surface area contributed by atoms with E-state index in [9.17, 15) is 10.1 Å². The van der Waals surface area contributed by atoms with Crippen LogP contribution in [0.25, 0.3) is 11.2 Å². The predicted octanol–water partition coefficient (Wildman–Crippen LogP) is 1.85. The van der Waals surface area contributed by atoms with Crippen LogP contribution < -0.4 is 5.49 Å². The van der Waals surface area contributed by atoms with E-state index in [1.54, 1.807) is 10.6 Å². The first-order valence-corrected chi connectivity index (χ1v) is 6.30. The van der Waals surface area contributed by atoms with Crippen LogP contribution in [-0.4, -0.2) is 24.4 Å². The van der Waals surface area contributed by atoms with E-state index in [4.69, 9.17) is 17.0 Å². The third kappa shape index (κ3) is 2.25. The van der Waals surface area contributed by atoms with Crippen LogP contribution >= 0.6 is 11.6 Å². The lowest BCUT2D eigenvalue weighted by atomic mass is 10.2. The third-order valence-electron chi connectivity index (χ3n) is 3.07. The van der Waals surface area contributed by atoms with Crippen molar-refractivity contribution in [3.8, 4) is 0 Å². The Morgan fingerprint density at radius 2 is 2.24 bits per heavy atom. The summed E-state index contributed by atoms with van der Waals surface area (Å²) in [5, 5.41) is 19.1. The minimum atomic E-state index is -0.476. The highest BCUT2D eigenvalue weighted by Crippen LogP contribution is 2.27. The van der Waals surface area contributed by atoms with Crippen LogP contribution in [0.5, 0.6) is 0 Å². The monoisotopic (exact) mass is 304 g/mol. The van der Waals surface area contributed by atoms with Gasteiger partial charge in [-0.05, 0) is 6.07 Å². The standard InChI is InChI=1S/C12H9ClN6O2/c13-8-2-1-3-9(19(20)21)7(8)4-18-6-17-11(14)10-12(18)16-5-15-10/h1-3,5-6,14H,4H2,(H,15,16). The second-order valence-electron chi connectivity index (χ2n) is 4.32. The molecule has 21 heavy (non-hydrogen) atoms. The minimum absolute atomic E-state index is 0.0614. The predicted molar refractivity (Wildman–Crippen MR) is 74.9 cm³/mol. The van der Waals surface area contributed by atoms with E-state index in [2.05, 4.69) is 15.0 Å². The number of halogens is 1. The van der Waals surface area contributed by atoms with Crippen LogP contribution in [0.3, 0.4) is 0 Å². The van der Waals surface area contributed by atoms with Crippen molar-refractivity contribution in [3.05, 3.63) is 57.0 Å². The molecule has 106 valence electrons. The lowest BCUT2D eigenvalue weighted by Crippen LogP contribution is -2.14. The molecule has 0 radical (unpaired) electrons. The van der Waals surface area contributed by atoms with Crippen molar-refractivity contribution in [3.63, 3.8) is 0 Å². The fraction of sp³-hybridized carbons (Fsp3) is 0.0833. The summed E-state index contributed by atoms with van der Waals surface area (Å²) < 4.78 is 1.61. The van der Waals surface area contributed by atoms with Crippen LogP contribution in [0.1, 0.15) is 5.56 Å². The van der Waals surface area contributed by atoms with Crippen LogP contribution in [0.4, 0.5) is 5.69 Å². The van der Waals surface area contributed by atoms with Crippen molar-refractivity contribution in [1.82, 2.24) is 19.5 Å². The van der Waals surface area contributed by atoms with Crippen molar-refractivity contribution in [2.75, 3.05) is 0 Å². The van der Waals surface area contributed by atoms with Gasteiger partial charge in [-0.1, -0.05) is 17.7 Å². The molecular weight excluding hydrogens is 296 g/mol. The molecule has 0 unspecified atom stereocenters. The molecule has 3 aromatic rings. The number of fused-ring (bicyclic) bond motifs is 1. The molecule has 0 aliphatic heterocycles. The highest BCUT2D eigenvalue weighted by atomic mass is 35.5. The molecule has 0 saturated heterocycles. The topological polar surface area (TPSA) is 113 Å². The van der Waals surface area contributed by atoms with E-state index in [0.717, 1.165) is 0 Å². The van der Waals surface area contributed by atoms with Crippen LogP contribution in [-0.2, 0) is 6.54 Å². The SMILES string of the molecule is N=c1ncn(Cc2c(Cl)cccc2[N+](=O)[O-])c2nc[nH]c12. The van der Waals surface area contributed by atoms with E-state index < -0.39 is 4.92 Å². The second-order valence-corrected chi connectivity index (χ2v) is 4.72.